The standard InChI is InChI=1S/C26H24ClF2N5O3S/c27-25(35)26-15-34(38(36,37)20-5-6-23(30-12-20)33-9-8-19(29)14-33)10-7-17(26)11-22-21(13-31-32-22)24(26)16-1-3-18(28)4-2-16/h1-6,11-13,19,24H,7-10,14-15H2,(H,31,32)/t19-,24?,26+/m1/s1. The second-order valence-electron chi connectivity index (χ2n) is 9.91. The third-order valence-corrected chi connectivity index (χ3v) is 9.98. The van der Waals surface area contributed by atoms with Gasteiger partial charge in [-0.05, 0) is 65.9 Å². The van der Waals surface area contributed by atoms with E-state index in [-0.39, 0.29) is 31.0 Å². The summed E-state index contributed by atoms with van der Waals surface area (Å²) in [6.07, 6.45) is 4.42. The topological polar surface area (TPSA) is 99.3 Å². The molecule has 0 bridgehead atoms. The summed E-state index contributed by atoms with van der Waals surface area (Å²) in [5.41, 5.74) is 1.28. The number of carbonyl (C=O) groups is 1. The van der Waals surface area contributed by atoms with Crippen molar-refractivity contribution in [3.05, 3.63) is 77.0 Å². The number of rotatable bonds is 5. The van der Waals surface area contributed by atoms with Gasteiger partial charge in [0.25, 0.3) is 0 Å². The van der Waals surface area contributed by atoms with E-state index in [1.807, 2.05) is 6.08 Å². The third-order valence-electron chi connectivity index (χ3n) is 7.82. The van der Waals surface area contributed by atoms with Gasteiger partial charge in [-0.3, -0.25) is 9.89 Å². The van der Waals surface area contributed by atoms with Crippen molar-refractivity contribution in [2.24, 2.45) is 5.41 Å². The number of carbonyl (C=O) groups excluding carboxylic acids is 1. The molecule has 4 heterocycles. The minimum atomic E-state index is -4.05. The van der Waals surface area contributed by atoms with Crippen molar-refractivity contribution in [3.8, 4) is 0 Å². The molecule has 0 radical (unpaired) electrons. The van der Waals surface area contributed by atoms with Crippen molar-refractivity contribution >= 4 is 38.8 Å². The van der Waals surface area contributed by atoms with Gasteiger partial charge in [0.05, 0.1) is 23.9 Å². The number of aromatic amines is 1. The molecule has 3 aromatic rings. The zero-order chi connectivity index (χ0) is 26.7. The van der Waals surface area contributed by atoms with Crippen LogP contribution in [-0.2, 0) is 14.8 Å². The Labute approximate surface area is 223 Å². The molecule has 0 saturated carbocycles. The molecule has 2 saturated heterocycles. The third kappa shape index (κ3) is 3.95. The fourth-order valence-electron chi connectivity index (χ4n) is 5.91. The number of hydrogen-bond acceptors (Lipinski definition) is 6. The Bertz CT molecular complexity index is 1530. The van der Waals surface area contributed by atoms with Crippen molar-refractivity contribution in [3.63, 3.8) is 0 Å². The van der Waals surface area contributed by atoms with Crippen molar-refractivity contribution in [1.82, 2.24) is 19.5 Å². The Morgan fingerprint density at radius 1 is 1.13 bits per heavy atom. The normalized spacial score (nSPS) is 25.6. The smallest absolute Gasteiger partial charge is 0.244 e. The van der Waals surface area contributed by atoms with E-state index in [1.165, 1.54) is 28.7 Å². The number of H-pyrrole nitrogens is 1. The van der Waals surface area contributed by atoms with Crippen LogP contribution in [0.3, 0.4) is 0 Å². The monoisotopic (exact) mass is 559 g/mol. The van der Waals surface area contributed by atoms with E-state index >= 15 is 0 Å². The van der Waals surface area contributed by atoms with Gasteiger partial charge in [0.1, 0.15) is 22.7 Å². The summed E-state index contributed by atoms with van der Waals surface area (Å²) in [6, 6.07) is 8.79. The molecule has 0 spiro atoms. The number of fused-ring (bicyclic) bond motifs is 2. The summed E-state index contributed by atoms with van der Waals surface area (Å²) in [4.78, 5) is 19.3. The SMILES string of the molecule is O=C(Cl)[C@@]12CN(S(=O)(=O)c3ccc(N4CC[C@@H](F)C4)nc3)CCC1=Cc1[nH]ncc1C2c1ccc(F)cc1. The zero-order valence-electron chi connectivity index (χ0n) is 20.1. The van der Waals surface area contributed by atoms with E-state index in [0.717, 1.165) is 0 Å². The maximum atomic E-state index is 13.8. The highest BCUT2D eigenvalue weighted by atomic mass is 35.5. The van der Waals surface area contributed by atoms with E-state index in [0.29, 0.717) is 41.2 Å². The fraction of sp³-hybridized carbons (Fsp3) is 0.346. The number of alkyl halides is 1. The molecule has 2 aromatic heterocycles. The number of nitrogens with one attached hydrogen (secondary N) is 1. The van der Waals surface area contributed by atoms with Crippen molar-refractivity contribution in [1.29, 1.82) is 0 Å². The Morgan fingerprint density at radius 2 is 1.92 bits per heavy atom. The van der Waals surface area contributed by atoms with Crippen molar-refractivity contribution < 1.29 is 22.0 Å². The van der Waals surface area contributed by atoms with E-state index in [1.54, 1.807) is 29.3 Å². The average molecular weight is 560 g/mol. The molecule has 1 N–H and O–H groups in total. The quantitative estimate of drug-likeness (QED) is 0.477. The summed E-state index contributed by atoms with van der Waals surface area (Å²) >= 11 is 6.34. The minimum Gasteiger partial charge on any atom is -0.354 e. The van der Waals surface area contributed by atoms with Crippen LogP contribution in [0.2, 0.25) is 0 Å². The molecule has 38 heavy (non-hydrogen) atoms. The first-order valence-electron chi connectivity index (χ1n) is 12.2. The summed E-state index contributed by atoms with van der Waals surface area (Å²) in [7, 11) is -4.05. The molecule has 1 aliphatic carbocycles. The molecule has 3 atom stereocenters. The summed E-state index contributed by atoms with van der Waals surface area (Å²) in [6.45, 7) is 0.675. The van der Waals surface area contributed by atoms with E-state index in [2.05, 4.69) is 15.2 Å². The van der Waals surface area contributed by atoms with Crippen molar-refractivity contribution in [2.45, 2.75) is 29.8 Å². The van der Waals surface area contributed by atoms with Crippen molar-refractivity contribution in [2.75, 3.05) is 31.1 Å². The van der Waals surface area contributed by atoms with Gasteiger partial charge in [0.2, 0.25) is 15.3 Å². The van der Waals surface area contributed by atoms with Crippen LogP contribution in [0.1, 0.15) is 35.6 Å². The van der Waals surface area contributed by atoms with Crippen LogP contribution in [0.4, 0.5) is 14.6 Å². The predicted octanol–water partition coefficient (Wildman–Crippen LogP) is 3.87. The minimum absolute atomic E-state index is 0.0278. The maximum absolute atomic E-state index is 13.8. The van der Waals surface area contributed by atoms with Gasteiger partial charge in [-0.15, -0.1) is 0 Å². The van der Waals surface area contributed by atoms with E-state index in [9.17, 15) is 22.0 Å². The summed E-state index contributed by atoms with van der Waals surface area (Å²) in [5, 5.41) is 6.37. The lowest BCUT2D eigenvalue weighted by Crippen LogP contribution is -2.54. The van der Waals surface area contributed by atoms with E-state index < -0.39 is 38.6 Å². The molecule has 0 amide bonds. The number of halogens is 3. The van der Waals surface area contributed by atoms with Crippen LogP contribution in [0, 0.1) is 11.2 Å². The maximum Gasteiger partial charge on any atom is 0.244 e. The number of benzene rings is 1. The molecule has 2 aliphatic heterocycles. The van der Waals surface area contributed by atoms with Crippen LogP contribution < -0.4 is 4.90 Å². The highest BCUT2D eigenvalue weighted by Gasteiger charge is 2.56. The first kappa shape index (κ1) is 25.1. The molecule has 6 rings (SSSR count). The van der Waals surface area contributed by atoms with Crippen LogP contribution in [0.15, 0.2) is 59.3 Å². The number of sulfonamides is 1. The lowest BCUT2D eigenvalue weighted by Gasteiger charge is -2.48. The average Bonchev–Trinajstić information content (AvgIpc) is 3.56. The Hall–Kier alpha value is -3.15. The molecule has 198 valence electrons. The van der Waals surface area contributed by atoms with Crippen LogP contribution in [0.25, 0.3) is 6.08 Å². The zero-order valence-corrected chi connectivity index (χ0v) is 21.7. The fourth-order valence-corrected chi connectivity index (χ4v) is 7.63. The second kappa shape index (κ2) is 9.25. The summed E-state index contributed by atoms with van der Waals surface area (Å²) < 4.78 is 56.2. The Morgan fingerprint density at radius 3 is 2.58 bits per heavy atom. The molecule has 2 fully saturated rings. The Balaban J connectivity index is 1.38. The molecule has 8 nitrogen and oxygen atoms in total. The molecule has 12 heteroatoms. The van der Waals surface area contributed by atoms with Crippen LogP contribution in [0.5, 0.6) is 0 Å². The largest absolute Gasteiger partial charge is 0.354 e. The van der Waals surface area contributed by atoms with Gasteiger partial charge < -0.3 is 4.90 Å². The van der Waals surface area contributed by atoms with Gasteiger partial charge in [-0.1, -0.05) is 12.1 Å². The summed E-state index contributed by atoms with van der Waals surface area (Å²) in [5.74, 6) is -0.598. The highest BCUT2D eigenvalue weighted by molar-refractivity contribution is 7.89. The lowest BCUT2D eigenvalue weighted by molar-refractivity contribution is -0.120. The molecule has 1 unspecified atom stereocenters. The predicted molar refractivity (Wildman–Crippen MR) is 137 cm³/mol. The molecule has 1 aromatic carbocycles. The molecular weight excluding hydrogens is 536 g/mol. The molecule has 3 aliphatic rings. The van der Waals surface area contributed by atoms with Gasteiger partial charge >= 0.3 is 0 Å². The van der Waals surface area contributed by atoms with Gasteiger partial charge in [-0.2, -0.15) is 9.40 Å². The second-order valence-corrected chi connectivity index (χ2v) is 12.2. The first-order valence-corrected chi connectivity index (χ1v) is 14.1. The van der Waals surface area contributed by atoms with Crippen LogP contribution in [-0.4, -0.2) is 65.5 Å². The Kier molecular flexibility index (Phi) is 6.12. The van der Waals surface area contributed by atoms with Gasteiger partial charge in [0, 0.05) is 37.3 Å². The number of aromatic nitrogens is 3. The number of hydrogen-bond donors (Lipinski definition) is 1. The lowest BCUT2D eigenvalue weighted by atomic mass is 9.60. The number of piperidine rings is 1. The van der Waals surface area contributed by atoms with Gasteiger partial charge in [0.15, 0.2) is 0 Å². The molecular formula is C26H24ClF2N5O3S. The van der Waals surface area contributed by atoms with E-state index in [4.69, 9.17) is 11.6 Å². The number of pyridine rings is 1. The van der Waals surface area contributed by atoms with Crippen LogP contribution >= 0.6 is 11.6 Å². The number of nitrogens with zero attached hydrogens (tertiary/aromatic N) is 4. The first-order chi connectivity index (χ1) is 18.2. The highest BCUT2D eigenvalue weighted by Crippen LogP contribution is 2.55. The van der Waals surface area contributed by atoms with Gasteiger partial charge in [-0.25, -0.2) is 22.2 Å². The number of anilines is 1.